The lowest BCUT2D eigenvalue weighted by molar-refractivity contribution is -0.131. The molecule has 0 saturated carbocycles. The average Bonchev–Trinajstić information content (AvgIpc) is 2.72. The van der Waals surface area contributed by atoms with E-state index in [0.717, 1.165) is 19.3 Å². The van der Waals surface area contributed by atoms with E-state index in [2.05, 4.69) is 11.4 Å². The molecule has 1 saturated heterocycles. The smallest absolute Gasteiger partial charge is 0.308 e. The molecule has 0 unspecified atom stereocenters. The molecule has 30 heavy (non-hydrogen) atoms. The van der Waals surface area contributed by atoms with Gasteiger partial charge in [-0.2, -0.15) is 0 Å². The number of esters is 1. The first-order chi connectivity index (χ1) is 14.4. The topological polar surface area (TPSA) is 75.7 Å². The predicted octanol–water partition coefficient (Wildman–Crippen LogP) is 3.27. The van der Waals surface area contributed by atoms with E-state index in [1.54, 1.807) is 29.2 Å². The van der Waals surface area contributed by atoms with Gasteiger partial charge in [0.1, 0.15) is 5.75 Å². The van der Waals surface area contributed by atoms with Gasteiger partial charge in [0.2, 0.25) is 5.91 Å². The zero-order valence-corrected chi connectivity index (χ0v) is 17.5. The van der Waals surface area contributed by atoms with Crippen LogP contribution in [-0.2, 0) is 16.0 Å². The Hall–Kier alpha value is -3.15. The zero-order valence-electron chi connectivity index (χ0n) is 17.5. The molecule has 0 bridgehead atoms. The minimum absolute atomic E-state index is 0.0513. The van der Waals surface area contributed by atoms with Crippen LogP contribution in [0.2, 0.25) is 0 Å². The Kier molecular flexibility index (Phi) is 7.22. The zero-order chi connectivity index (χ0) is 21.5. The van der Waals surface area contributed by atoms with E-state index < -0.39 is 5.97 Å². The van der Waals surface area contributed by atoms with Gasteiger partial charge in [0.25, 0.3) is 5.91 Å². The Morgan fingerprint density at radius 1 is 1.07 bits per heavy atom. The van der Waals surface area contributed by atoms with Gasteiger partial charge in [0.05, 0.1) is 0 Å². The number of carbonyl (C=O) groups excluding carboxylic acids is 3. The lowest BCUT2D eigenvalue weighted by Crippen LogP contribution is -2.46. The molecule has 1 heterocycles. The minimum atomic E-state index is -0.418. The van der Waals surface area contributed by atoms with Crippen molar-refractivity contribution in [2.24, 2.45) is 0 Å². The Bertz CT molecular complexity index is 917. The molecule has 1 fully saturated rings. The molecular formula is C24H28N2O4. The second kappa shape index (κ2) is 10.1. The molecule has 1 N–H and O–H groups in total. The Morgan fingerprint density at radius 3 is 2.50 bits per heavy atom. The molecule has 2 amide bonds. The lowest BCUT2D eigenvalue weighted by Gasteiger charge is -2.32. The predicted molar refractivity (Wildman–Crippen MR) is 114 cm³/mol. The van der Waals surface area contributed by atoms with Crippen molar-refractivity contribution in [2.75, 3.05) is 13.1 Å². The van der Waals surface area contributed by atoms with Crippen LogP contribution in [0, 0.1) is 6.92 Å². The second-order valence-corrected chi connectivity index (χ2v) is 7.74. The molecule has 2 aromatic rings. The van der Waals surface area contributed by atoms with Crippen LogP contribution in [0.15, 0.2) is 48.5 Å². The van der Waals surface area contributed by atoms with E-state index in [-0.39, 0.29) is 17.9 Å². The Labute approximate surface area is 177 Å². The number of amides is 2. The first kappa shape index (κ1) is 21.6. The molecule has 6 heteroatoms. The van der Waals surface area contributed by atoms with Gasteiger partial charge in [-0.05, 0) is 49.9 Å². The number of carbonyl (C=O) groups is 3. The summed E-state index contributed by atoms with van der Waals surface area (Å²) in [6, 6.07) is 14.9. The summed E-state index contributed by atoms with van der Waals surface area (Å²) in [6.07, 6.45) is 2.65. The fraction of sp³-hybridized carbons (Fsp3) is 0.375. The van der Waals surface area contributed by atoms with Gasteiger partial charge in [-0.1, -0.05) is 35.9 Å². The Morgan fingerprint density at radius 2 is 1.80 bits per heavy atom. The standard InChI is InChI=1S/C24H28N2O4/c1-17-5-3-6-19(15-17)9-10-23(28)25-21-11-13-26(14-12-21)24(29)20-7-4-8-22(16-20)30-18(2)27/h3-8,15-16,21H,9-14H2,1-2H3,(H,25,28). The van der Waals surface area contributed by atoms with Gasteiger partial charge in [0.15, 0.2) is 0 Å². The number of likely N-dealkylation sites (tertiary alicyclic amines) is 1. The van der Waals surface area contributed by atoms with Crippen molar-refractivity contribution in [1.29, 1.82) is 0 Å². The number of aryl methyl sites for hydroxylation is 2. The van der Waals surface area contributed by atoms with Crippen LogP contribution in [0.1, 0.15) is 47.7 Å². The maximum Gasteiger partial charge on any atom is 0.308 e. The number of hydrogen-bond acceptors (Lipinski definition) is 4. The molecule has 0 atom stereocenters. The number of rotatable bonds is 6. The van der Waals surface area contributed by atoms with Crippen molar-refractivity contribution >= 4 is 17.8 Å². The summed E-state index contributed by atoms with van der Waals surface area (Å²) in [7, 11) is 0. The van der Waals surface area contributed by atoms with E-state index in [1.165, 1.54) is 18.1 Å². The molecule has 158 valence electrons. The van der Waals surface area contributed by atoms with Gasteiger partial charge in [-0.3, -0.25) is 14.4 Å². The molecule has 1 aliphatic heterocycles. The molecular weight excluding hydrogens is 380 g/mol. The van der Waals surface area contributed by atoms with E-state index in [1.807, 2.05) is 25.1 Å². The van der Waals surface area contributed by atoms with Crippen LogP contribution >= 0.6 is 0 Å². The van der Waals surface area contributed by atoms with Gasteiger partial charge in [0, 0.05) is 38.0 Å². The third-order valence-electron chi connectivity index (χ3n) is 5.21. The highest BCUT2D eigenvalue weighted by molar-refractivity contribution is 5.94. The Balaban J connectivity index is 1.45. The van der Waals surface area contributed by atoms with Gasteiger partial charge in [-0.15, -0.1) is 0 Å². The van der Waals surface area contributed by atoms with Crippen LogP contribution < -0.4 is 10.1 Å². The number of nitrogens with zero attached hydrogens (tertiary/aromatic N) is 1. The third kappa shape index (κ3) is 6.17. The van der Waals surface area contributed by atoms with E-state index in [4.69, 9.17) is 4.74 Å². The summed E-state index contributed by atoms with van der Waals surface area (Å²) < 4.78 is 5.06. The maximum atomic E-state index is 12.8. The molecule has 3 rings (SSSR count). The number of hydrogen-bond donors (Lipinski definition) is 1. The van der Waals surface area contributed by atoms with E-state index in [9.17, 15) is 14.4 Å². The fourth-order valence-electron chi connectivity index (χ4n) is 3.69. The number of benzene rings is 2. The minimum Gasteiger partial charge on any atom is -0.427 e. The SMILES string of the molecule is CC(=O)Oc1cccc(C(=O)N2CCC(NC(=O)CCc3cccc(C)c3)CC2)c1. The number of piperidine rings is 1. The van der Waals surface area contributed by atoms with Crippen LogP contribution in [0.3, 0.4) is 0 Å². The number of nitrogens with one attached hydrogen (secondary N) is 1. The summed E-state index contributed by atoms with van der Waals surface area (Å²) in [5.41, 5.74) is 2.86. The van der Waals surface area contributed by atoms with Gasteiger partial charge >= 0.3 is 5.97 Å². The van der Waals surface area contributed by atoms with Crippen LogP contribution in [-0.4, -0.2) is 41.8 Å². The van der Waals surface area contributed by atoms with Crippen molar-refractivity contribution in [3.8, 4) is 5.75 Å². The van der Waals surface area contributed by atoms with Crippen molar-refractivity contribution in [3.05, 3.63) is 65.2 Å². The number of ether oxygens (including phenoxy) is 1. The van der Waals surface area contributed by atoms with Crippen LogP contribution in [0.25, 0.3) is 0 Å². The largest absolute Gasteiger partial charge is 0.427 e. The monoisotopic (exact) mass is 408 g/mol. The summed E-state index contributed by atoms with van der Waals surface area (Å²) >= 11 is 0. The van der Waals surface area contributed by atoms with E-state index >= 15 is 0 Å². The highest BCUT2D eigenvalue weighted by atomic mass is 16.5. The average molecular weight is 408 g/mol. The highest BCUT2D eigenvalue weighted by Gasteiger charge is 2.24. The van der Waals surface area contributed by atoms with E-state index in [0.29, 0.717) is 30.8 Å². The van der Waals surface area contributed by atoms with Crippen LogP contribution in [0.5, 0.6) is 5.75 Å². The van der Waals surface area contributed by atoms with Crippen molar-refractivity contribution in [1.82, 2.24) is 10.2 Å². The van der Waals surface area contributed by atoms with Crippen molar-refractivity contribution < 1.29 is 19.1 Å². The molecule has 6 nitrogen and oxygen atoms in total. The first-order valence-electron chi connectivity index (χ1n) is 10.3. The third-order valence-corrected chi connectivity index (χ3v) is 5.21. The molecule has 0 radical (unpaired) electrons. The molecule has 0 aromatic heterocycles. The normalized spacial score (nSPS) is 14.3. The summed E-state index contributed by atoms with van der Waals surface area (Å²) in [4.78, 5) is 37.9. The van der Waals surface area contributed by atoms with Crippen molar-refractivity contribution in [2.45, 2.75) is 45.6 Å². The molecule has 1 aliphatic rings. The van der Waals surface area contributed by atoms with Gasteiger partial charge < -0.3 is 15.0 Å². The fourth-order valence-corrected chi connectivity index (χ4v) is 3.69. The first-order valence-corrected chi connectivity index (χ1v) is 10.3. The second-order valence-electron chi connectivity index (χ2n) is 7.74. The molecule has 0 aliphatic carbocycles. The summed E-state index contributed by atoms with van der Waals surface area (Å²) in [6.45, 7) is 4.54. The van der Waals surface area contributed by atoms with Crippen molar-refractivity contribution in [3.63, 3.8) is 0 Å². The maximum absolute atomic E-state index is 12.8. The lowest BCUT2D eigenvalue weighted by atomic mass is 10.0. The molecule has 0 spiro atoms. The highest BCUT2D eigenvalue weighted by Crippen LogP contribution is 2.18. The van der Waals surface area contributed by atoms with Crippen LogP contribution in [0.4, 0.5) is 0 Å². The summed E-state index contributed by atoms with van der Waals surface area (Å²) in [5.74, 6) is -0.0914. The van der Waals surface area contributed by atoms with Gasteiger partial charge in [-0.25, -0.2) is 0 Å². The summed E-state index contributed by atoms with van der Waals surface area (Å²) in [5, 5.41) is 3.10. The molecule has 2 aromatic carbocycles. The quantitative estimate of drug-likeness (QED) is 0.588.